The molecule has 0 saturated heterocycles. The Balaban J connectivity index is 2.83. The molecule has 16 heavy (non-hydrogen) atoms. The Morgan fingerprint density at radius 3 is 2.69 bits per heavy atom. The lowest BCUT2D eigenvalue weighted by atomic mass is 10.1. The van der Waals surface area contributed by atoms with Crippen molar-refractivity contribution < 1.29 is 4.21 Å². The second-order valence-electron chi connectivity index (χ2n) is 3.78. The Labute approximate surface area is 95.7 Å². The standard InChI is InChI=1S/C12H14N2OS/c1-9-8-12(16(3,15)13-2)14-11-7-5-4-6-10(9)11/h4-8H,1-3H3/t16-/m1/s1. The Kier molecular flexibility index (Phi) is 2.68. The average molecular weight is 234 g/mol. The van der Waals surface area contributed by atoms with Gasteiger partial charge in [-0.15, -0.1) is 0 Å². The average Bonchev–Trinajstić information content (AvgIpc) is 2.29. The lowest BCUT2D eigenvalue weighted by Crippen LogP contribution is -2.01. The third-order valence-corrected chi connectivity index (χ3v) is 4.32. The van der Waals surface area contributed by atoms with Gasteiger partial charge in [-0.1, -0.05) is 18.2 Å². The van der Waals surface area contributed by atoms with E-state index in [4.69, 9.17) is 0 Å². The van der Waals surface area contributed by atoms with Gasteiger partial charge in [0.15, 0.2) is 0 Å². The minimum Gasteiger partial charge on any atom is -0.243 e. The maximum atomic E-state index is 12.1. The summed E-state index contributed by atoms with van der Waals surface area (Å²) in [6.45, 7) is 2.00. The zero-order valence-corrected chi connectivity index (χ0v) is 10.4. The van der Waals surface area contributed by atoms with Crippen molar-refractivity contribution in [2.75, 3.05) is 13.3 Å². The van der Waals surface area contributed by atoms with Crippen molar-refractivity contribution in [3.05, 3.63) is 35.9 Å². The molecule has 3 nitrogen and oxygen atoms in total. The molecule has 0 aliphatic carbocycles. The van der Waals surface area contributed by atoms with E-state index in [-0.39, 0.29) is 0 Å². The zero-order chi connectivity index (χ0) is 11.8. The Morgan fingerprint density at radius 1 is 1.31 bits per heavy atom. The van der Waals surface area contributed by atoms with E-state index < -0.39 is 9.73 Å². The molecule has 0 aliphatic heterocycles. The number of hydrogen-bond donors (Lipinski definition) is 0. The third-order valence-electron chi connectivity index (χ3n) is 2.64. The highest BCUT2D eigenvalue weighted by molar-refractivity contribution is 7.92. The van der Waals surface area contributed by atoms with Crippen LogP contribution in [0.25, 0.3) is 10.9 Å². The largest absolute Gasteiger partial charge is 0.243 e. The van der Waals surface area contributed by atoms with Crippen LogP contribution in [0.2, 0.25) is 0 Å². The van der Waals surface area contributed by atoms with Crippen molar-refractivity contribution in [2.24, 2.45) is 4.36 Å². The van der Waals surface area contributed by atoms with E-state index in [0.717, 1.165) is 16.5 Å². The number of rotatable bonds is 1. The van der Waals surface area contributed by atoms with Gasteiger partial charge in [0.2, 0.25) is 0 Å². The predicted octanol–water partition coefficient (Wildman–Crippen LogP) is 2.63. The maximum absolute atomic E-state index is 12.1. The lowest BCUT2D eigenvalue weighted by Gasteiger charge is -2.07. The summed E-state index contributed by atoms with van der Waals surface area (Å²) in [6, 6.07) is 9.71. The smallest absolute Gasteiger partial charge is 0.136 e. The number of hydrogen-bond acceptors (Lipinski definition) is 3. The molecule has 0 fully saturated rings. The van der Waals surface area contributed by atoms with Crippen LogP contribution in [0.1, 0.15) is 5.56 Å². The van der Waals surface area contributed by atoms with Crippen LogP contribution >= 0.6 is 0 Å². The topological polar surface area (TPSA) is 42.3 Å². The van der Waals surface area contributed by atoms with Crippen LogP contribution in [0.5, 0.6) is 0 Å². The fourth-order valence-corrected chi connectivity index (χ4v) is 2.46. The first-order valence-electron chi connectivity index (χ1n) is 5.01. The fraction of sp³-hybridized carbons (Fsp3) is 0.250. The highest BCUT2D eigenvalue weighted by Gasteiger charge is 2.09. The second-order valence-corrected chi connectivity index (χ2v) is 6.17. The summed E-state index contributed by atoms with van der Waals surface area (Å²) in [6.07, 6.45) is 1.61. The van der Waals surface area contributed by atoms with Gasteiger partial charge in [0.1, 0.15) is 5.03 Å². The first kappa shape index (κ1) is 11.1. The normalized spacial score (nSPS) is 14.7. The van der Waals surface area contributed by atoms with Crippen molar-refractivity contribution in [1.82, 2.24) is 4.98 Å². The molecule has 0 radical (unpaired) electrons. The number of aromatic nitrogens is 1. The highest BCUT2D eigenvalue weighted by Crippen LogP contribution is 2.20. The Hall–Kier alpha value is -1.42. The second kappa shape index (κ2) is 3.87. The van der Waals surface area contributed by atoms with Crippen molar-refractivity contribution in [3.63, 3.8) is 0 Å². The maximum Gasteiger partial charge on any atom is 0.136 e. The monoisotopic (exact) mass is 234 g/mol. The fourth-order valence-electron chi connectivity index (χ4n) is 1.61. The van der Waals surface area contributed by atoms with Gasteiger partial charge in [-0.3, -0.25) is 0 Å². The summed E-state index contributed by atoms with van der Waals surface area (Å²) in [5.41, 5.74) is 1.95. The van der Waals surface area contributed by atoms with E-state index in [1.807, 2.05) is 37.3 Å². The van der Waals surface area contributed by atoms with Gasteiger partial charge in [-0.25, -0.2) is 13.6 Å². The molecule has 0 bridgehead atoms. The molecule has 0 spiro atoms. The van der Waals surface area contributed by atoms with Gasteiger partial charge in [0.05, 0.1) is 15.2 Å². The molecule has 1 aromatic carbocycles. The van der Waals surface area contributed by atoms with Crippen LogP contribution in [0, 0.1) is 6.92 Å². The van der Waals surface area contributed by atoms with Crippen LogP contribution in [0.4, 0.5) is 0 Å². The highest BCUT2D eigenvalue weighted by atomic mass is 32.2. The minimum absolute atomic E-state index is 0.561. The van der Waals surface area contributed by atoms with E-state index >= 15 is 0 Å². The third kappa shape index (κ3) is 1.80. The van der Waals surface area contributed by atoms with Crippen LogP contribution < -0.4 is 0 Å². The van der Waals surface area contributed by atoms with Gasteiger partial charge in [-0.05, 0) is 24.6 Å². The van der Waals surface area contributed by atoms with Crippen molar-refractivity contribution in [1.29, 1.82) is 0 Å². The Bertz CT molecular complexity index is 655. The summed E-state index contributed by atoms with van der Waals surface area (Å²) in [5.74, 6) is 0. The molecule has 0 saturated carbocycles. The molecule has 0 N–H and O–H groups in total. The van der Waals surface area contributed by atoms with Crippen molar-refractivity contribution in [2.45, 2.75) is 11.9 Å². The van der Waals surface area contributed by atoms with Gasteiger partial charge in [0.25, 0.3) is 0 Å². The van der Waals surface area contributed by atoms with E-state index in [9.17, 15) is 4.21 Å². The van der Waals surface area contributed by atoms with Gasteiger partial charge in [-0.2, -0.15) is 0 Å². The summed E-state index contributed by atoms with van der Waals surface area (Å²) in [7, 11) is -0.784. The first-order chi connectivity index (χ1) is 7.54. The number of nitrogens with zero attached hydrogens (tertiary/aromatic N) is 2. The van der Waals surface area contributed by atoms with E-state index in [1.54, 1.807) is 13.3 Å². The molecule has 1 aromatic heterocycles. The summed E-state index contributed by atoms with van der Waals surface area (Å²) in [4.78, 5) is 4.41. The number of para-hydroxylation sites is 1. The molecule has 0 aliphatic rings. The molecule has 0 amide bonds. The van der Waals surface area contributed by atoms with E-state index in [0.29, 0.717) is 5.03 Å². The molecular weight excluding hydrogens is 220 g/mol. The first-order valence-corrected chi connectivity index (χ1v) is 6.93. The minimum atomic E-state index is -2.35. The van der Waals surface area contributed by atoms with Crippen LogP contribution in [-0.4, -0.2) is 22.5 Å². The SMILES string of the molecule is CN=[S@](C)(=O)c1cc(C)c2ccccc2n1. The van der Waals surface area contributed by atoms with Gasteiger partial charge < -0.3 is 0 Å². The number of benzene rings is 1. The summed E-state index contributed by atoms with van der Waals surface area (Å²) >= 11 is 0. The molecule has 1 atom stereocenters. The zero-order valence-electron chi connectivity index (χ0n) is 9.60. The molecule has 4 heteroatoms. The van der Waals surface area contributed by atoms with Crippen molar-refractivity contribution >= 4 is 20.6 Å². The van der Waals surface area contributed by atoms with Crippen LogP contribution in [0.3, 0.4) is 0 Å². The number of pyridine rings is 1. The number of fused-ring (bicyclic) bond motifs is 1. The molecular formula is C12H14N2OS. The Morgan fingerprint density at radius 2 is 2.00 bits per heavy atom. The summed E-state index contributed by atoms with van der Waals surface area (Å²) < 4.78 is 16.0. The quantitative estimate of drug-likeness (QED) is 0.761. The molecule has 84 valence electrons. The van der Waals surface area contributed by atoms with Crippen LogP contribution in [-0.2, 0) is 9.73 Å². The molecule has 0 unspecified atom stereocenters. The number of aryl methyl sites for hydroxylation is 1. The van der Waals surface area contributed by atoms with Crippen LogP contribution in [0.15, 0.2) is 39.7 Å². The molecule has 2 rings (SSSR count). The van der Waals surface area contributed by atoms with Gasteiger partial charge >= 0.3 is 0 Å². The predicted molar refractivity (Wildman–Crippen MR) is 67.2 cm³/mol. The van der Waals surface area contributed by atoms with Crippen molar-refractivity contribution in [3.8, 4) is 0 Å². The van der Waals surface area contributed by atoms with E-state index in [1.165, 1.54) is 0 Å². The lowest BCUT2D eigenvalue weighted by molar-refractivity contribution is 0.677. The summed E-state index contributed by atoms with van der Waals surface area (Å²) in [5, 5.41) is 1.66. The molecule has 2 aromatic rings. The molecule has 1 heterocycles. The van der Waals surface area contributed by atoms with Gasteiger partial charge in [0, 0.05) is 18.7 Å². The van der Waals surface area contributed by atoms with E-state index in [2.05, 4.69) is 9.35 Å².